The largest absolute Gasteiger partial charge is 0.459 e. The molecule has 0 unspecified atom stereocenters. The van der Waals surface area contributed by atoms with Gasteiger partial charge in [-0.3, -0.25) is 4.79 Å². The van der Waals surface area contributed by atoms with E-state index in [2.05, 4.69) is 17.4 Å². The lowest BCUT2D eigenvalue weighted by Gasteiger charge is -2.17. The van der Waals surface area contributed by atoms with Gasteiger partial charge in [-0.05, 0) is 36.5 Å². The Balaban J connectivity index is 1.77. The Morgan fingerprint density at radius 1 is 1.17 bits per heavy atom. The quantitative estimate of drug-likeness (QED) is 0.893. The molecule has 1 atom stereocenters. The van der Waals surface area contributed by atoms with Crippen molar-refractivity contribution in [2.45, 2.75) is 18.9 Å². The van der Waals surface area contributed by atoms with E-state index in [1.54, 1.807) is 12.1 Å². The molecule has 2 aromatic rings. The van der Waals surface area contributed by atoms with Crippen LogP contribution >= 0.6 is 0 Å². The van der Waals surface area contributed by atoms with Crippen molar-refractivity contribution in [2.75, 3.05) is 0 Å². The Labute approximate surface area is 106 Å². The molecular weight excluding hydrogens is 226 g/mol. The summed E-state index contributed by atoms with van der Waals surface area (Å²) >= 11 is 0. The second-order valence-corrected chi connectivity index (χ2v) is 4.68. The second kappa shape index (κ2) is 4.69. The van der Waals surface area contributed by atoms with Crippen LogP contribution in [0.25, 0.3) is 0 Å². The molecule has 1 aromatic carbocycles. The molecule has 3 nitrogen and oxygen atoms in total. The number of nitrogens with one attached hydrogen (secondary N) is 1. The molecule has 0 bridgehead atoms. The summed E-state index contributed by atoms with van der Waals surface area (Å²) in [4.78, 5) is 12.0. The maximum atomic E-state index is 12.0. The van der Waals surface area contributed by atoms with E-state index >= 15 is 0 Å². The Morgan fingerprint density at radius 2 is 1.94 bits per heavy atom. The van der Waals surface area contributed by atoms with Gasteiger partial charge in [0, 0.05) is 0 Å². The molecule has 0 spiro atoms. The summed E-state index contributed by atoms with van der Waals surface area (Å²) in [6.07, 6.45) is 3.87. The van der Waals surface area contributed by atoms with Crippen molar-refractivity contribution in [2.24, 2.45) is 5.92 Å². The second-order valence-electron chi connectivity index (χ2n) is 4.68. The molecule has 1 fully saturated rings. The number of hydrogen-bond donors (Lipinski definition) is 1. The minimum absolute atomic E-state index is 0.101. The van der Waals surface area contributed by atoms with E-state index in [1.807, 2.05) is 18.2 Å². The van der Waals surface area contributed by atoms with E-state index in [-0.39, 0.29) is 11.9 Å². The van der Waals surface area contributed by atoms with Gasteiger partial charge in [0.25, 0.3) is 5.91 Å². The minimum Gasteiger partial charge on any atom is -0.459 e. The van der Waals surface area contributed by atoms with Crippen molar-refractivity contribution < 1.29 is 9.21 Å². The van der Waals surface area contributed by atoms with Gasteiger partial charge in [0.2, 0.25) is 0 Å². The van der Waals surface area contributed by atoms with Crippen LogP contribution in [0.4, 0.5) is 0 Å². The number of carbonyl (C=O) groups excluding carboxylic acids is 1. The van der Waals surface area contributed by atoms with Crippen LogP contribution in [0.1, 0.15) is 35.0 Å². The first-order valence-electron chi connectivity index (χ1n) is 6.24. The molecule has 3 rings (SSSR count). The molecule has 1 saturated carbocycles. The zero-order chi connectivity index (χ0) is 12.4. The van der Waals surface area contributed by atoms with Gasteiger partial charge in [-0.2, -0.15) is 0 Å². The number of furan rings is 1. The number of hydrogen-bond acceptors (Lipinski definition) is 2. The molecule has 1 N–H and O–H groups in total. The molecule has 1 amide bonds. The lowest BCUT2D eigenvalue weighted by molar-refractivity contribution is 0.0903. The first-order valence-corrected chi connectivity index (χ1v) is 6.24. The summed E-state index contributed by atoms with van der Waals surface area (Å²) in [5, 5.41) is 3.06. The third-order valence-electron chi connectivity index (χ3n) is 3.28. The van der Waals surface area contributed by atoms with Crippen molar-refractivity contribution in [3.8, 4) is 0 Å². The van der Waals surface area contributed by atoms with E-state index < -0.39 is 0 Å². The van der Waals surface area contributed by atoms with Gasteiger partial charge in [0.15, 0.2) is 5.76 Å². The first kappa shape index (κ1) is 11.1. The lowest BCUT2D eigenvalue weighted by atomic mass is 10.0. The fraction of sp³-hybridized carbons (Fsp3) is 0.267. The van der Waals surface area contributed by atoms with Crippen LogP contribution in [0.3, 0.4) is 0 Å². The maximum Gasteiger partial charge on any atom is 0.287 e. The maximum absolute atomic E-state index is 12.0. The van der Waals surface area contributed by atoms with Crippen molar-refractivity contribution in [3.63, 3.8) is 0 Å². The first-order chi connectivity index (χ1) is 8.84. The van der Waals surface area contributed by atoms with Crippen molar-refractivity contribution in [1.29, 1.82) is 0 Å². The molecule has 1 heterocycles. The molecular formula is C15H15NO2. The molecule has 0 aliphatic heterocycles. The van der Waals surface area contributed by atoms with Crippen LogP contribution < -0.4 is 5.32 Å². The fourth-order valence-electron chi connectivity index (χ4n) is 2.18. The van der Waals surface area contributed by atoms with Gasteiger partial charge in [-0.1, -0.05) is 30.3 Å². The van der Waals surface area contributed by atoms with Gasteiger partial charge < -0.3 is 9.73 Å². The zero-order valence-corrected chi connectivity index (χ0v) is 10.0. The Hall–Kier alpha value is -2.03. The van der Waals surface area contributed by atoms with Gasteiger partial charge >= 0.3 is 0 Å². The normalized spacial score (nSPS) is 16.2. The summed E-state index contributed by atoms with van der Waals surface area (Å²) in [5.41, 5.74) is 1.17. The van der Waals surface area contributed by atoms with Gasteiger partial charge in [-0.15, -0.1) is 0 Å². The van der Waals surface area contributed by atoms with Gasteiger partial charge in [-0.25, -0.2) is 0 Å². The van der Waals surface area contributed by atoms with Crippen molar-refractivity contribution in [3.05, 3.63) is 60.1 Å². The predicted octanol–water partition coefficient (Wildman–Crippen LogP) is 3.16. The van der Waals surface area contributed by atoms with E-state index in [0.717, 1.165) is 0 Å². The van der Waals surface area contributed by atoms with Crippen LogP contribution in [-0.2, 0) is 0 Å². The van der Waals surface area contributed by atoms with E-state index in [0.29, 0.717) is 11.7 Å². The highest BCUT2D eigenvalue weighted by atomic mass is 16.3. The van der Waals surface area contributed by atoms with Crippen LogP contribution in [-0.4, -0.2) is 5.91 Å². The highest BCUT2D eigenvalue weighted by Crippen LogP contribution is 2.41. The highest BCUT2D eigenvalue weighted by Gasteiger charge is 2.33. The summed E-state index contributed by atoms with van der Waals surface area (Å²) in [7, 11) is 0. The van der Waals surface area contributed by atoms with Crippen LogP contribution in [0, 0.1) is 5.92 Å². The van der Waals surface area contributed by atoms with Gasteiger partial charge in [0.1, 0.15) is 0 Å². The van der Waals surface area contributed by atoms with Gasteiger partial charge in [0.05, 0.1) is 12.3 Å². The summed E-state index contributed by atoms with van der Waals surface area (Å²) in [5.74, 6) is 0.795. The smallest absolute Gasteiger partial charge is 0.287 e. The Bertz CT molecular complexity index is 515. The fourth-order valence-corrected chi connectivity index (χ4v) is 2.18. The molecule has 92 valence electrons. The average Bonchev–Trinajstić information content (AvgIpc) is 3.10. The predicted molar refractivity (Wildman–Crippen MR) is 68.1 cm³/mol. The molecule has 1 aromatic heterocycles. The molecule has 0 saturated heterocycles. The minimum atomic E-state index is -0.138. The molecule has 3 heteroatoms. The zero-order valence-electron chi connectivity index (χ0n) is 10.0. The van der Waals surface area contributed by atoms with Crippen molar-refractivity contribution >= 4 is 5.91 Å². The molecule has 1 aliphatic rings. The Morgan fingerprint density at radius 3 is 2.56 bits per heavy atom. The lowest BCUT2D eigenvalue weighted by Crippen LogP contribution is -2.29. The topological polar surface area (TPSA) is 42.2 Å². The number of carbonyl (C=O) groups is 1. The van der Waals surface area contributed by atoms with E-state index in [4.69, 9.17) is 4.42 Å². The molecule has 0 radical (unpaired) electrons. The average molecular weight is 241 g/mol. The summed E-state index contributed by atoms with van der Waals surface area (Å²) < 4.78 is 5.12. The number of benzene rings is 1. The van der Waals surface area contributed by atoms with E-state index in [1.165, 1.54) is 24.7 Å². The van der Waals surface area contributed by atoms with Crippen LogP contribution in [0.15, 0.2) is 53.1 Å². The summed E-state index contributed by atoms with van der Waals surface area (Å²) in [6.45, 7) is 0. The van der Waals surface area contributed by atoms with Crippen molar-refractivity contribution in [1.82, 2.24) is 5.32 Å². The van der Waals surface area contributed by atoms with Crippen LogP contribution in [0.5, 0.6) is 0 Å². The number of amides is 1. The summed E-state index contributed by atoms with van der Waals surface area (Å²) in [6, 6.07) is 13.6. The molecule has 1 aliphatic carbocycles. The van der Waals surface area contributed by atoms with E-state index in [9.17, 15) is 4.79 Å². The standard InChI is InChI=1S/C15H15NO2/c17-15(13-7-4-10-18-13)16-14(12-8-9-12)11-5-2-1-3-6-11/h1-7,10,12,14H,8-9H2,(H,16,17)/t14-/m0/s1. The number of rotatable bonds is 4. The molecule has 18 heavy (non-hydrogen) atoms. The van der Waals surface area contributed by atoms with Crippen LogP contribution in [0.2, 0.25) is 0 Å². The third-order valence-corrected chi connectivity index (χ3v) is 3.28. The highest BCUT2D eigenvalue weighted by molar-refractivity contribution is 5.91. The Kier molecular flexibility index (Phi) is 2.89. The monoisotopic (exact) mass is 241 g/mol. The SMILES string of the molecule is O=C(N[C@@H](c1ccccc1)C1CC1)c1ccco1. The third kappa shape index (κ3) is 2.30.